The minimum absolute atomic E-state index is 0.158. The minimum atomic E-state index is -0.299. The van der Waals surface area contributed by atoms with E-state index < -0.39 is 0 Å². The van der Waals surface area contributed by atoms with Crippen LogP contribution in [0.3, 0.4) is 0 Å². The fourth-order valence-electron chi connectivity index (χ4n) is 2.83. The third-order valence-electron chi connectivity index (χ3n) is 4.41. The summed E-state index contributed by atoms with van der Waals surface area (Å²) < 4.78 is 1.73. The van der Waals surface area contributed by atoms with E-state index in [1.54, 1.807) is 17.7 Å². The van der Waals surface area contributed by atoms with E-state index in [0.717, 1.165) is 28.6 Å². The summed E-state index contributed by atoms with van der Waals surface area (Å²) in [6.45, 7) is 2.16. The second kappa shape index (κ2) is 6.38. The smallest absolute Gasteiger partial charge is 0.268 e. The Kier molecular flexibility index (Phi) is 4.06. The zero-order valence-electron chi connectivity index (χ0n) is 13.7. The van der Waals surface area contributed by atoms with Gasteiger partial charge in [0.25, 0.3) is 5.91 Å². The lowest BCUT2D eigenvalue weighted by Crippen LogP contribution is -2.39. The van der Waals surface area contributed by atoms with Crippen LogP contribution in [0.5, 0.6) is 0 Å². The summed E-state index contributed by atoms with van der Waals surface area (Å²) in [6.07, 6.45) is 0. The molecule has 7 nitrogen and oxygen atoms in total. The van der Waals surface area contributed by atoms with Gasteiger partial charge in [0.05, 0.1) is 12.1 Å². The van der Waals surface area contributed by atoms with Gasteiger partial charge in [0.2, 0.25) is 0 Å². The van der Waals surface area contributed by atoms with Crippen LogP contribution in [0.4, 0.5) is 0 Å². The minimum Gasteiger partial charge on any atom is -0.344 e. The van der Waals surface area contributed by atoms with Gasteiger partial charge in [-0.2, -0.15) is 0 Å². The number of aryl methyl sites for hydroxylation is 1. The topological polar surface area (TPSA) is 88.9 Å². The second-order valence-corrected chi connectivity index (χ2v) is 7.14. The Morgan fingerprint density at radius 1 is 1.36 bits per heavy atom. The average molecular weight is 355 g/mol. The van der Waals surface area contributed by atoms with Crippen molar-refractivity contribution in [3.63, 3.8) is 0 Å². The lowest BCUT2D eigenvalue weighted by Gasteiger charge is -2.23. The maximum Gasteiger partial charge on any atom is 0.268 e. The number of carbonyl (C=O) groups is 1. The number of benzene rings is 1. The van der Waals surface area contributed by atoms with Gasteiger partial charge in [-0.15, -0.1) is 10.2 Å². The number of nitrogens with zero attached hydrogens (tertiary/aromatic N) is 3. The molecule has 0 radical (unpaired) electrons. The Labute approximate surface area is 147 Å². The third-order valence-corrected chi connectivity index (χ3v) is 5.49. The molecule has 128 valence electrons. The Balaban J connectivity index is 1.53. The highest BCUT2D eigenvalue weighted by molar-refractivity contribution is 7.11. The number of nitrogens with one attached hydrogen (secondary N) is 2. The van der Waals surface area contributed by atoms with Crippen LogP contribution in [0.15, 0.2) is 35.1 Å². The average Bonchev–Trinajstić information content (AvgIpc) is 3.03. The first kappa shape index (κ1) is 15.9. The van der Waals surface area contributed by atoms with Crippen molar-refractivity contribution < 1.29 is 4.79 Å². The van der Waals surface area contributed by atoms with Crippen LogP contribution in [0, 0.1) is 0 Å². The van der Waals surface area contributed by atoms with Crippen LogP contribution in [0.1, 0.15) is 26.4 Å². The number of fused-ring (bicyclic) bond motifs is 1. The van der Waals surface area contributed by atoms with E-state index >= 15 is 0 Å². The Morgan fingerprint density at radius 2 is 2.16 bits per heavy atom. The number of para-hydroxylation sites is 1. The third kappa shape index (κ3) is 2.94. The van der Waals surface area contributed by atoms with E-state index in [4.69, 9.17) is 0 Å². The van der Waals surface area contributed by atoms with Gasteiger partial charge in [-0.05, 0) is 12.1 Å². The lowest BCUT2D eigenvalue weighted by molar-refractivity contribution is 0.0942. The molecule has 0 aliphatic carbocycles. The van der Waals surface area contributed by atoms with Crippen LogP contribution in [0.25, 0.3) is 10.9 Å². The molecular weight excluding hydrogens is 338 g/mol. The quantitative estimate of drug-likeness (QED) is 0.729. The highest BCUT2D eigenvalue weighted by Gasteiger charge is 2.23. The van der Waals surface area contributed by atoms with Gasteiger partial charge in [0, 0.05) is 37.5 Å². The molecule has 2 aromatic heterocycles. The largest absolute Gasteiger partial charge is 0.344 e. The molecule has 25 heavy (non-hydrogen) atoms. The molecule has 0 atom stereocenters. The van der Waals surface area contributed by atoms with Gasteiger partial charge in [-0.3, -0.25) is 9.59 Å². The molecule has 3 aromatic rings. The summed E-state index contributed by atoms with van der Waals surface area (Å²) in [5.74, 6) is 0.135. The molecule has 1 aromatic carbocycles. The molecular formula is C17H17N5O2S. The van der Waals surface area contributed by atoms with Gasteiger partial charge in [0.15, 0.2) is 5.43 Å². The monoisotopic (exact) mass is 355 g/mol. The van der Waals surface area contributed by atoms with Crippen molar-refractivity contribution in [2.45, 2.75) is 12.5 Å². The van der Waals surface area contributed by atoms with E-state index in [1.807, 2.05) is 18.2 Å². The van der Waals surface area contributed by atoms with Gasteiger partial charge in [0.1, 0.15) is 15.7 Å². The fraction of sp³-hybridized carbons (Fsp3) is 0.294. The molecule has 1 aliphatic heterocycles. The molecule has 4 rings (SSSR count). The van der Waals surface area contributed by atoms with Gasteiger partial charge in [-0.25, -0.2) is 0 Å². The molecule has 0 saturated carbocycles. The molecule has 2 N–H and O–H groups in total. The number of aromatic nitrogens is 3. The molecule has 0 unspecified atom stereocenters. The zero-order chi connectivity index (χ0) is 17.4. The Morgan fingerprint density at radius 3 is 2.92 bits per heavy atom. The Hall–Kier alpha value is -2.58. The first-order valence-electron chi connectivity index (χ1n) is 8.03. The lowest BCUT2D eigenvalue weighted by atomic mass is 10.1. The van der Waals surface area contributed by atoms with Gasteiger partial charge in [-0.1, -0.05) is 23.5 Å². The number of amides is 1. The standard InChI is InChI=1S/C17H17N5O2S/c1-22-12-5-3-2-4-11(12)14(23)6-13(22)16(24)19-9-15-20-21-17(25-15)10-7-18-8-10/h2-6,10,18H,7-9H2,1H3,(H,19,24). The Bertz CT molecular complexity index is 1010. The molecule has 8 heteroatoms. The molecule has 1 aliphatic rings. The van der Waals surface area contributed by atoms with Crippen molar-refractivity contribution >= 4 is 28.1 Å². The normalized spacial score (nSPS) is 14.4. The van der Waals surface area contributed by atoms with Crippen LogP contribution < -0.4 is 16.1 Å². The maximum atomic E-state index is 12.5. The summed E-state index contributed by atoms with van der Waals surface area (Å²) in [5, 5.41) is 16.7. The SMILES string of the molecule is Cn1c(C(=O)NCc2nnc(C3CNC3)s2)cc(=O)c2ccccc21. The van der Waals surface area contributed by atoms with E-state index in [0.29, 0.717) is 23.5 Å². The predicted octanol–water partition coefficient (Wildman–Crippen LogP) is 1.01. The summed E-state index contributed by atoms with van der Waals surface area (Å²) in [5.41, 5.74) is 0.905. The maximum absolute atomic E-state index is 12.5. The molecule has 1 saturated heterocycles. The molecule has 0 bridgehead atoms. The van der Waals surface area contributed by atoms with Crippen molar-refractivity contribution in [1.29, 1.82) is 0 Å². The summed E-state index contributed by atoms with van der Waals surface area (Å²) in [6, 6.07) is 8.63. The van der Waals surface area contributed by atoms with Gasteiger partial charge >= 0.3 is 0 Å². The molecule has 1 amide bonds. The molecule has 1 fully saturated rings. The number of hydrogen-bond donors (Lipinski definition) is 2. The van der Waals surface area contributed by atoms with Crippen molar-refractivity contribution in [1.82, 2.24) is 25.4 Å². The van der Waals surface area contributed by atoms with Crippen LogP contribution in [-0.2, 0) is 13.6 Å². The molecule has 0 spiro atoms. The van der Waals surface area contributed by atoms with E-state index in [2.05, 4.69) is 20.8 Å². The predicted molar refractivity (Wildman–Crippen MR) is 95.9 cm³/mol. The van der Waals surface area contributed by atoms with E-state index in [9.17, 15) is 9.59 Å². The summed E-state index contributed by atoms with van der Waals surface area (Å²) >= 11 is 1.52. The summed E-state index contributed by atoms with van der Waals surface area (Å²) in [4.78, 5) is 24.7. The van der Waals surface area contributed by atoms with Crippen LogP contribution >= 0.6 is 11.3 Å². The van der Waals surface area contributed by atoms with Crippen molar-refractivity contribution in [3.8, 4) is 0 Å². The van der Waals surface area contributed by atoms with Crippen LogP contribution in [0.2, 0.25) is 0 Å². The number of pyridine rings is 1. The van der Waals surface area contributed by atoms with Crippen LogP contribution in [-0.4, -0.2) is 33.8 Å². The summed E-state index contributed by atoms with van der Waals surface area (Å²) in [7, 11) is 1.78. The number of hydrogen-bond acceptors (Lipinski definition) is 6. The fourth-order valence-corrected chi connectivity index (χ4v) is 3.72. The second-order valence-electron chi connectivity index (χ2n) is 6.04. The highest BCUT2D eigenvalue weighted by atomic mass is 32.1. The van der Waals surface area contributed by atoms with Crippen molar-refractivity contribution in [3.05, 3.63) is 56.3 Å². The van der Waals surface area contributed by atoms with E-state index in [-0.39, 0.29) is 11.3 Å². The van der Waals surface area contributed by atoms with Crippen molar-refractivity contribution in [2.24, 2.45) is 7.05 Å². The number of carbonyl (C=O) groups excluding carboxylic acids is 1. The molecule has 3 heterocycles. The highest BCUT2D eigenvalue weighted by Crippen LogP contribution is 2.23. The zero-order valence-corrected chi connectivity index (χ0v) is 14.5. The number of rotatable bonds is 4. The first-order valence-corrected chi connectivity index (χ1v) is 8.85. The van der Waals surface area contributed by atoms with Gasteiger partial charge < -0.3 is 15.2 Å². The first-order chi connectivity index (χ1) is 12.1. The van der Waals surface area contributed by atoms with E-state index in [1.165, 1.54) is 17.4 Å². The van der Waals surface area contributed by atoms with Crippen molar-refractivity contribution in [2.75, 3.05) is 13.1 Å².